The Kier molecular flexibility index (Phi) is 5.40. The van der Waals surface area contributed by atoms with Crippen LogP contribution in [0, 0.1) is 11.7 Å². The minimum Gasteiger partial charge on any atom is -0.341 e. The molecular weight excluding hydrogens is 307 g/mol. The molecule has 0 bridgehead atoms. The van der Waals surface area contributed by atoms with Gasteiger partial charge in [-0.3, -0.25) is 9.59 Å². The van der Waals surface area contributed by atoms with Crippen LogP contribution in [0.5, 0.6) is 0 Å². The van der Waals surface area contributed by atoms with E-state index in [-0.39, 0.29) is 23.4 Å². The van der Waals surface area contributed by atoms with Crippen molar-refractivity contribution in [1.82, 2.24) is 4.90 Å². The first kappa shape index (κ1) is 16.7. The van der Waals surface area contributed by atoms with Gasteiger partial charge in [-0.2, -0.15) is 0 Å². The van der Waals surface area contributed by atoms with Crippen LogP contribution in [0.1, 0.15) is 26.7 Å². The van der Waals surface area contributed by atoms with Crippen molar-refractivity contribution in [2.45, 2.75) is 26.7 Å². The van der Waals surface area contributed by atoms with E-state index < -0.39 is 5.82 Å². The molecule has 0 saturated carbocycles. The van der Waals surface area contributed by atoms with Crippen LogP contribution in [0.3, 0.4) is 0 Å². The summed E-state index contributed by atoms with van der Waals surface area (Å²) in [5.74, 6) is -0.447. The summed E-state index contributed by atoms with van der Waals surface area (Å²) < 4.78 is 13.2. The topological polar surface area (TPSA) is 40.6 Å². The third-order valence-corrected chi connectivity index (χ3v) is 4.19. The summed E-state index contributed by atoms with van der Waals surface area (Å²) in [6.07, 6.45) is 2.10. The average Bonchev–Trinajstić information content (AvgIpc) is 2.47. The number of hydrogen-bond donors (Lipinski definition) is 0. The van der Waals surface area contributed by atoms with Gasteiger partial charge >= 0.3 is 0 Å². The molecule has 0 N–H and O–H groups in total. The molecule has 1 aromatic carbocycles. The predicted octanol–water partition coefficient (Wildman–Crippen LogP) is 3.09. The second-order valence-electron chi connectivity index (χ2n) is 5.79. The zero-order valence-corrected chi connectivity index (χ0v) is 13.6. The number of piperidine rings is 1. The number of anilines is 1. The largest absolute Gasteiger partial charge is 0.341 e. The smallest absolute Gasteiger partial charge is 0.242 e. The lowest BCUT2D eigenvalue weighted by atomic mass is 10.0. The Bertz CT molecular complexity index is 579. The zero-order valence-electron chi connectivity index (χ0n) is 12.8. The molecule has 0 radical (unpaired) electrons. The number of rotatable bonds is 3. The highest BCUT2D eigenvalue weighted by molar-refractivity contribution is 6.31. The van der Waals surface area contributed by atoms with Gasteiger partial charge in [0.2, 0.25) is 11.8 Å². The summed E-state index contributed by atoms with van der Waals surface area (Å²) in [7, 11) is 0. The number of carbonyl (C=O) groups excluding carboxylic acids is 2. The number of benzene rings is 1. The van der Waals surface area contributed by atoms with Gasteiger partial charge in [0.05, 0.1) is 5.02 Å². The van der Waals surface area contributed by atoms with Crippen LogP contribution in [0.2, 0.25) is 5.02 Å². The number of amides is 2. The van der Waals surface area contributed by atoms with Crippen molar-refractivity contribution in [3.8, 4) is 0 Å². The van der Waals surface area contributed by atoms with Gasteiger partial charge in [-0.1, -0.05) is 18.5 Å². The monoisotopic (exact) mass is 326 g/mol. The van der Waals surface area contributed by atoms with Gasteiger partial charge in [0.1, 0.15) is 12.4 Å². The maximum absolute atomic E-state index is 13.2. The molecule has 0 spiro atoms. The molecule has 1 aliphatic rings. The molecule has 1 saturated heterocycles. The van der Waals surface area contributed by atoms with Crippen molar-refractivity contribution >= 4 is 29.1 Å². The molecule has 22 heavy (non-hydrogen) atoms. The van der Waals surface area contributed by atoms with Gasteiger partial charge in [0.15, 0.2) is 0 Å². The molecule has 6 heteroatoms. The molecule has 0 aromatic heterocycles. The molecule has 1 fully saturated rings. The summed E-state index contributed by atoms with van der Waals surface area (Å²) >= 11 is 5.76. The lowest BCUT2D eigenvalue weighted by Crippen LogP contribution is -2.46. The molecule has 120 valence electrons. The van der Waals surface area contributed by atoms with E-state index in [0.717, 1.165) is 25.9 Å². The molecule has 4 nitrogen and oxygen atoms in total. The lowest BCUT2D eigenvalue weighted by molar-refractivity contribution is -0.132. The molecule has 2 rings (SSSR count). The Morgan fingerprint density at radius 2 is 2.18 bits per heavy atom. The number of carbonyl (C=O) groups is 2. The Hall–Kier alpha value is -1.62. The van der Waals surface area contributed by atoms with E-state index in [1.54, 1.807) is 4.90 Å². The van der Waals surface area contributed by atoms with Crippen LogP contribution in [0.25, 0.3) is 0 Å². The van der Waals surface area contributed by atoms with E-state index in [9.17, 15) is 14.0 Å². The molecule has 1 aliphatic heterocycles. The van der Waals surface area contributed by atoms with Crippen LogP contribution in [0.4, 0.5) is 10.1 Å². The Morgan fingerprint density at radius 1 is 1.45 bits per heavy atom. The van der Waals surface area contributed by atoms with Gasteiger partial charge in [0.25, 0.3) is 0 Å². The molecule has 1 atom stereocenters. The van der Waals surface area contributed by atoms with Crippen molar-refractivity contribution in [2.75, 3.05) is 24.5 Å². The predicted molar refractivity (Wildman–Crippen MR) is 84.4 cm³/mol. The fourth-order valence-electron chi connectivity index (χ4n) is 2.69. The van der Waals surface area contributed by atoms with Gasteiger partial charge in [-0.15, -0.1) is 0 Å². The van der Waals surface area contributed by atoms with Gasteiger partial charge in [-0.05, 0) is 37.0 Å². The van der Waals surface area contributed by atoms with Crippen LogP contribution in [0.15, 0.2) is 18.2 Å². The maximum Gasteiger partial charge on any atom is 0.242 e. The number of hydrogen-bond acceptors (Lipinski definition) is 2. The van der Waals surface area contributed by atoms with Crippen molar-refractivity contribution in [2.24, 2.45) is 5.92 Å². The first-order valence-electron chi connectivity index (χ1n) is 7.39. The second kappa shape index (κ2) is 7.09. The van der Waals surface area contributed by atoms with E-state index >= 15 is 0 Å². The maximum atomic E-state index is 13.2. The van der Waals surface area contributed by atoms with Gasteiger partial charge in [-0.25, -0.2) is 4.39 Å². The van der Waals surface area contributed by atoms with Crippen LogP contribution in [-0.4, -0.2) is 36.3 Å². The fraction of sp³-hybridized carbons (Fsp3) is 0.500. The van der Waals surface area contributed by atoms with E-state index in [2.05, 4.69) is 6.92 Å². The van der Waals surface area contributed by atoms with Crippen molar-refractivity contribution in [3.63, 3.8) is 0 Å². The molecule has 1 heterocycles. The molecule has 1 aromatic rings. The number of nitrogens with zero attached hydrogens (tertiary/aromatic N) is 2. The summed E-state index contributed by atoms with van der Waals surface area (Å²) in [5.41, 5.74) is 0.428. The summed E-state index contributed by atoms with van der Waals surface area (Å²) in [4.78, 5) is 27.4. The summed E-state index contributed by atoms with van der Waals surface area (Å²) in [6, 6.07) is 4.01. The quantitative estimate of drug-likeness (QED) is 0.856. The van der Waals surface area contributed by atoms with Crippen molar-refractivity contribution < 1.29 is 14.0 Å². The van der Waals surface area contributed by atoms with E-state index in [1.807, 2.05) is 0 Å². The van der Waals surface area contributed by atoms with Gasteiger partial charge < -0.3 is 9.80 Å². The Balaban J connectivity index is 2.13. The highest BCUT2D eigenvalue weighted by Gasteiger charge is 2.24. The minimum atomic E-state index is -0.551. The van der Waals surface area contributed by atoms with Gasteiger partial charge in [0, 0.05) is 25.7 Å². The van der Waals surface area contributed by atoms with Crippen LogP contribution in [-0.2, 0) is 9.59 Å². The van der Waals surface area contributed by atoms with Crippen LogP contribution < -0.4 is 4.90 Å². The van der Waals surface area contributed by atoms with E-state index in [1.165, 1.54) is 30.0 Å². The van der Waals surface area contributed by atoms with E-state index in [4.69, 9.17) is 11.6 Å². The molecule has 2 amide bonds. The Labute approximate surface area is 134 Å². The minimum absolute atomic E-state index is 0.0516. The first-order chi connectivity index (χ1) is 10.4. The van der Waals surface area contributed by atoms with Crippen LogP contribution >= 0.6 is 11.6 Å². The lowest BCUT2D eigenvalue weighted by Gasteiger charge is -2.32. The first-order valence-corrected chi connectivity index (χ1v) is 7.77. The standard InChI is InChI=1S/C16H20ClFN2O2/c1-11-4-3-7-19(9-11)16(22)10-20(12(2)21)13-5-6-15(18)14(17)8-13/h5-6,8,11H,3-4,7,9-10H2,1-2H3. The third kappa shape index (κ3) is 3.97. The molecular formula is C16H20ClFN2O2. The zero-order chi connectivity index (χ0) is 16.3. The average molecular weight is 327 g/mol. The van der Waals surface area contributed by atoms with E-state index in [0.29, 0.717) is 11.6 Å². The summed E-state index contributed by atoms with van der Waals surface area (Å²) in [6.45, 7) is 4.88. The highest BCUT2D eigenvalue weighted by atomic mass is 35.5. The molecule has 1 unspecified atom stereocenters. The van der Waals surface area contributed by atoms with Crippen molar-refractivity contribution in [3.05, 3.63) is 29.0 Å². The Morgan fingerprint density at radius 3 is 2.77 bits per heavy atom. The second-order valence-corrected chi connectivity index (χ2v) is 6.20. The third-order valence-electron chi connectivity index (χ3n) is 3.90. The highest BCUT2D eigenvalue weighted by Crippen LogP contribution is 2.23. The number of likely N-dealkylation sites (tertiary alicyclic amines) is 1. The molecule has 0 aliphatic carbocycles. The SMILES string of the molecule is CC(=O)N(CC(=O)N1CCCC(C)C1)c1ccc(F)c(Cl)c1. The normalized spacial score (nSPS) is 18.2. The number of halogens is 2. The van der Waals surface area contributed by atoms with Crippen molar-refractivity contribution in [1.29, 1.82) is 0 Å². The fourth-order valence-corrected chi connectivity index (χ4v) is 2.86. The summed E-state index contributed by atoms with van der Waals surface area (Å²) in [5, 5.41) is -0.0669.